The van der Waals surface area contributed by atoms with Gasteiger partial charge in [0.2, 0.25) is 82.7 Å². The van der Waals surface area contributed by atoms with Crippen molar-refractivity contribution in [2.75, 3.05) is 18.1 Å². The molecule has 3 heterocycles. The molecule has 22 N–H and O–H groups in total. The number of aromatic hydroxyl groups is 1. The number of rotatable bonds is 42. The molecule has 0 aliphatic carbocycles. The van der Waals surface area contributed by atoms with Crippen LogP contribution in [0.4, 0.5) is 0 Å². The molecule has 3 aromatic carbocycles. The molecule has 0 spiro atoms. The van der Waals surface area contributed by atoms with Gasteiger partial charge in [0.05, 0.1) is 18.4 Å². The van der Waals surface area contributed by atoms with Gasteiger partial charge in [0, 0.05) is 73.8 Å². The molecule has 1 aliphatic heterocycles. The van der Waals surface area contributed by atoms with E-state index in [1.54, 1.807) is 110 Å². The first-order valence-electron chi connectivity index (χ1n) is 39.9. The zero-order chi connectivity index (χ0) is 88.4. The van der Waals surface area contributed by atoms with Gasteiger partial charge in [-0.25, -0.2) is 9.78 Å². The van der Waals surface area contributed by atoms with E-state index in [1.807, 2.05) is 6.07 Å². The quantitative estimate of drug-likeness (QED) is 0.0185. The van der Waals surface area contributed by atoms with Crippen LogP contribution in [0, 0.1) is 23.7 Å². The number of phenolic OH excluding ortho intramolecular Hbond substituents is 1. The molecule has 654 valence electrons. The van der Waals surface area contributed by atoms with Crippen LogP contribution in [0.5, 0.6) is 5.75 Å². The SMILES string of the molecule is CC[C@H](C)[C@H](NC(=O)[C@H](CC(=O)O)NC(=O)[C@H](CC(C)C)NC(=O)[C@H](Cc1c[nH]cn1)NC(=O)[C@@H]1CSSC[C@H](NC(=O)[C@H](CCC(N)=O)NC(=O)[C@H](CCCCN)NC(C)=O)C(=O)N[C@@H](C(C)C)C(=O)N[C@@H](Cc2ccc(O)cc2)C(=O)N[C@@H](Cc2ccccc2)C(=O)N1)C(=O)N[C@H](C(=O)N[C@@H](Cc1c[nH]c2ccccc12)C(=O)O)[C@@H](C)CC. The number of nitrogens with one attached hydrogen (secondary N) is 15. The lowest BCUT2D eigenvalue weighted by atomic mass is 9.94. The number of amides is 14. The maximum atomic E-state index is 15.4. The first-order valence-corrected chi connectivity index (χ1v) is 42.4. The van der Waals surface area contributed by atoms with Gasteiger partial charge in [-0.3, -0.25) is 71.9 Å². The van der Waals surface area contributed by atoms with Crippen LogP contribution in [-0.2, 0) is 102 Å². The summed E-state index contributed by atoms with van der Waals surface area (Å²) in [6, 6.07) is 1.08. The van der Waals surface area contributed by atoms with Crippen molar-refractivity contribution >= 4 is 127 Å². The molecule has 37 nitrogen and oxygen atoms in total. The Kier molecular flexibility index (Phi) is 39.3. The third-order valence-electron chi connectivity index (χ3n) is 20.2. The fraction of sp³-hybridized carbons (Fsp3) is 0.519. The summed E-state index contributed by atoms with van der Waals surface area (Å²) in [4.78, 5) is 237. The van der Waals surface area contributed by atoms with E-state index in [4.69, 9.17) is 11.5 Å². The van der Waals surface area contributed by atoms with Crippen LogP contribution in [0.3, 0.4) is 0 Å². The Hall–Kier alpha value is -11.6. The number of primary amides is 1. The highest BCUT2D eigenvalue weighted by Gasteiger charge is 2.41. The van der Waals surface area contributed by atoms with Crippen LogP contribution < -0.4 is 80.6 Å². The molecule has 15 atom stereocenters. The number of para-hydroxylation sites is 1. The fourth-order valence-electron chi connectivity index (χ4n) is 13.0. The number of carbonyl (C=O) groups excluding carboxylic acids is 14. The Labute approximate surface area is 703 Å². The van der Waals surface area contributed by atoms with E-state index in [0.29, 0.717) is 36.0 Å². The predicted molar refractivity (Wildman–Crippen MR) is 446 cm³/mol. The van der Waals surface area contributed by atoms with Crippen LogP contribution in [0.15, 0.2) is 97.6 Å². The third-order valence-corrected chi connectivity index (χ3v) is 22.6. The van der Waals surface area contributed by atoms with Gasteiger partial charge in [0.15, 0.2) is 0 Å². The second-order valence-corrected chi connectivity index (χ2v) is 33.1. The number of nitrogens with zero attached hydrogens (tertiary/aromatic N) is 1. The molecule has 6 rings (SSSR count). The number of carboxylic acids is 2. The van der Waals surface area contributed by atoms with Gasteiger partial charge in [-0.05, 0) is 97.2 Å². The number of hydrogen-bond acceptors (Lipinski definition) is 21. The molecule has 0 bridgehead atoms. The molecule has 2 aromatic heterocycles. The van der Waals surface area contributed by atoms with Gasteiger partial charge >= 0.3 is 11.9 Å². The van der Waals surface area contributed by atoms with E-state index in [-0.39, 0.29) is 56.5 Å². The average Bonchev–Trinajstić information content (AvgIpc) is 1.69. The maximum absolute atomic E-state index is 15.4. The monoisotopic (exact) mass is 1710 g/mol. The lowest BCUT2D eigenvalue weighted by Gasteiger charge is -2.31. The van der Waals surface area contributed by atoms with Gasteiger partial charge in [-0.15, -0.1) is 0 Å². The Morgan fingerprint density at radius 1 is 0.558 bits per heavy atom. The van der Waals surface area contributed by atoms with E-state index >= 15 is 19.2 Å². The van der Waals surface area contributed by atoms with Gasteiger partial charge < -0.3 is 106 Å². The minimum Gasteiger partial charge on any atom is -0.508 e. The zero-order valence-corrected chi connectivity index (χ0v) is 70.3. The molecule has 39 heteroatoms. The smallest absolute Gasteiger partial charge is 0.326 e. The number of hydrogen-bond donors (Lipinski definition) is 20. The lowest BCUT2D eigenvalue weighted by Crippen LogP contribution is -2.62. The minimum atomic E-state index is -1.94. The normalized spacial score (nSPS) is 18.7. The molecular weight excluding hydrogens is 1590 g/mol. The number of benzene rings is 3. The molecule has 14 amide bonds. The number of aliphatic carboxylic acids is 2. The van der Waals surface area contributed by atoms with Crippen LogP contribution in [0.25, 0.3) is 10.9 Å². The Morgan fingerprint density at radius 2 is 1.11 bits per heavy atom. The molecule has 1 saturated heterocycles. The Balaban J connectivity index is 1.34. The largest absolute Gasteiger partial charge is 0.508 e. The number of aromatic nitrogens is 3. The highest BCUT2D eigenvalue weighted by atomic mass is 33.1. The summed E-state index contributed by atoms with van der Waals surface area (Å²) in [5, 5.41) is 65.7. The third kappa shape index (κ3) is 31.3. The molecule has 0 radical (unpaired) electrons. The Morgan fingerprint density at radius 3 is 1.70 bits per heavy atom. The second-order valence-electron chi connectivity index (χ2n) is 30.6. The summed E-state index contributed by atoms with van der Waals surface area (Å²) >= 11 is 0. The molecule has 120 heavy (non-hydrogen) atoms. The second kappa shape index (κ2) is 48.5. The van der Waals surface area contributed by atoms with Gasteiger partial charge in [0.25, 0.3) is 0 Å². The molecule has 5 aromatic rings. The van der Waals surface area contributed by atoms with Gasteiger partial charge in [0.1, 0.15) is 84.3 Å². The first kappa shape index (κ1) is 97.2. The molecule has 0 saturated carbocycles. The number of H-pyrrole nitrogens is 2. The fourth-order valence-corrected chi connectivity index (χ4v) is 15.4. The number of unbranched alkanes of at least 4 members (excludes halogenated alkanes) is 1. The van der Waals surface area contributed by atoms with Crippen LogP contribution in [0.2, 0.25) is 0 Å². The summed E-state index contributed by atoms with van der Waals surface area (Å²) in [6.45, 7) is 14.7. The van der Waals surface area contributed by atoms with Crippen molar-refractivity contribution < 1.29 is 92.0 Å². The molecular formula is C81H114N18O19S2. The van der Waals surface area contributed by atoms with E-state index in [0.717, 1.165) is 32.5 Å². The predicted octanol–water partition coefficient (Wildman–Crippen LogP) is 0.333. The van der Waals surface area contributed by atoms with Crippen molar-refractivity contribution in [2.24, 2.45) is 35.1 Å². The van der Waals surface area contributed by atoms with Gasteiger partial charge in [-0.1, -0.05) is 150 Å². The minimum absolute atomic E-state index is 0.0991. The lowest BCUT2D eigenvalue weighted by molar-refractivity contribution is -0.142. The van der Waals surface area contributed by atoms with Gasteiger partial charge in [-0.2, -0.15) is 0 Å². The topological polar surface area (TPSA) is 587 Å². The number of fused-ring (bicyclic) bond motifs is 1. The van der Waals surface area contributed by atoms with Crippen molar-refractivity contribution in [1.29, 1.82) is 0 Å². The van der Waals surface area contributed by atoms with Crippen molar-refractivity contribution in [3.05, 3.63) is 120 Å². The molecule has 1 aliphatic rings. The highest BCUT2D eigenvalue weighted by molar-refractivity contribution is 8.76. The summed E-state index contributed by atoms with van der Waals surface area (Å²) < 4.78 is 0. The van der Waals surface area contributed by atoms with Crippen molar-refractivity contribution in [3.63, 3.8) is 0 Å². The number of phenols is 1. The highest BCUT2D eigenvalue weighted by Crippen LogP contribution is 2.26. The molecule has 1 fully saturated rings. The molecule has 0 unspecified atom stereocenters. The van der Waals surface area contributed by atoms with E-state index in [1.165, 1.54) is 43.7 Å². The first-order chi connectivity index (χ1) is 57.0. The number of imidazole rings is 1. The van der Waals surface area contributed by atoms with Crippen LogP contribution >= 0.6 is 21.6 Å². The Bertz CT molecular complexity index is 4340. The van der Waals surface area contributed by atoms with Crippen LogP contribution in [0.1, 0.15) is 142 Å². The van der Waals surface area contributed by atoms with Crippen molar-refractivity contribution in [2.45, 2.75) is 224 Å². The van der Waals surface area contributed by atoms with E-state index in [9.17, 15) is 72.9 Å². The van der Waals surface area contributed by atoms with E-state index < -0.39 is 234 Å². The van der Waals surface area contributed by atoms with Crippen molar-refractivity contribution in [3.8, 4) is 5.75 Å². The van der Waals surface area contributed by atoms with Crippen LogP contribution in [-0.4, -0.2) is 222 Å². The standard InChI is InChI=1S/C81H114N18O19S2/c1-10-44(7)67(79(115)94-61(81(117)118)34-49-37-85-53-22-16-15-21-52(49)53)99-80(116)68(45(8)11-2)98-75(111)60(36-65(103)104)92-71(107)56(31-42(3)4)89-74(110)59(35-50-38-84-41-86-50)91-76(112)62-39-119-120-40-63(95-70(106)55(28-29-64(83)102)88-69(105)54(87-46(9)100)23-17-18-30-82)77(113)97-66(43(5)6)78(114)93-58(33-48-24-26-51(101)27-25-48)72(108)90-57(73(109)96-62)32-47-19-13-12-14-20-47/h12-16,19-22,24-27,37-38,41-45,54-63,66-68,85,101H,10-11,17-18,23,28-36,39-40,82H2,1-9H3,(H2,83,102)(H,84,86)(H,87,100)(H,88,105)(H,89,110)(H,90,108)(H,91,112)(H,92,107)(H,93,114)(H,94,115)(H,95,106)(H,96,109)(H,97,113)(H,98,111)(H,99,116)(H,103,104)(H,117,118)/t44-,45-,54-,55-,56-,57-,58-,59-,60-,61-,62-,63-,66-,67-,68-/m0/s1. The zero-order valence-electron chi connectivity index (χ0n) is 68.7. The number of nitrogens with two attached hydrogens (primary N) is 2. The summed E-state index contributed by atoms with van der Waals surface area (Å²) in [5.41, 5.74) is 13.7. The maximum Gasteiger partial charge on any atom is 0.326 e. The average molecular weight is 1710 g/mol. The summed E-state index contributed by atoms with van der Waals surface area (Å²) in [5.74, 6) is -19.5. The summed E-state index contributed by atoms with van der Waals surface area (Å²) in [6.07, 6.45) is 2.71. The van der Waals surface area contributed by atoms with Crippen molar-refractivity contribution in [1.82, 2.24) is 84.1 Å². The summed E-state index contributed by atoms with van der Waals surface area (Å²) in [7, 11) is 1.74. The number of carboxylic acid groups (broad SMARTS) is 2. The van der Waals surface area contributed by atoms with E-state index in [2.05, 4.69) is 84.1 Å². The number of carbonyl (C=O) groups is 16. The number of aromatic amines is 2.